The van der Waals surface area contributed by atoms with Crippen LogP contribution in [-0.2, 0) is 5.60 Å². The molecule has 0 aliphatic heterocycles. The van der Waals surface area contributed by atoms with E-state index in [1.165, 1.54) is 0 Å². The van der Waals surface area contributed by atoms with Crippen LogP contribution in [0.25, 0.3) is 11.1 Å². The van der Waals surface area contributed by atoms with Gasteiger partial charge in [0, 0.05) is 13.1 Å². The fourth-order valence-electron chi connectivity index (χ4n) is 3.19. The zero-order valence-corrected chi connectivity index (χ0v) is 15.8. The number of aliphatic hydroxyl groups is 1. The highest BCUT2D eigenvalue weighted by molar-refractivity contribution is 5.68. The molecule has 2 aromatic rings. The summed E-state index contributed by atoms with van der Waals surface area (Å²) in [4.78, 5) is 2.40. The molecule has 2 N–H and O–H groups in total. The van der Waals surface area contributed by atoms with E-state index in [0.29, 0.717) is 6.42 Å². The second-order valence-corrected chi connectivity index (χ2v) is 6.71. The molecule has 0 aromatic heterocycles. The van der Waals surface area contributed by atoms with Gasteiger partial charge in [-0.3, -0.25) is 0 Å². The molecule has 3 nitrogen and oxygen atoms in total. The summed E-state index contributed by atoms with van der Waals surface area (Å²) in [5.74, 6) is 0. The predicted octanol–water partition coefficient (Wildman–Crippen LogP) is 3.88. The molecule has 1 atom stereocenters. The molecular formula is C22H32N2O. The van der Waals surface area contributed by atoms with E-state index in [4.69, 9.17) is 0 Å². The molecule has 0 heterocycles. The highest BCUT2D eigenvalue weighted by atomic mass is 16.3. The van der Waals surface area contributed by atoms with E-state index >= 15 is 0 Å². The third kappa shape index (κ3) is 5.67. The quantitative estimate of drug-likeness (QED) is 0.644. The van der Waals surface area contributed by atoms with E-state index < -0.39 is 5.60 Å². The van der Waals surface area contributed by atoms with Crippen molar-refractivity contribution in [2.75, 3.05) is 32.7 Å². The normalized spacial score (nSPS) is 13.8. The number of rotatable bonds is 10. The number of hydrogen-bond acceptors (Lipinski definition) is 3. The van der Waals surface area contributed by atoms with Crippen molar-refractivity contribution in [1.82, 2.24) is 10.2 Å². The van der Waals surface area contributed by atoms with E-state index in [1.807, 2.05) is 43.3 Å². The van der Waals surface area contributed by atoms with Gasteiger partial charge in [0.1, 0.15) is 0 Å². The first kappa shape index (κ1) is 19.6. The van der Waals surface area contributed by atoms with Gasteiger partial charge in [-0.1, -0.05) is 68.4 Å². The topological polar surface area (TPSA) is 35.5 Å². The lowest BCUT2D eigenvalue weighted by Crippen LogP contribution is -2.34. The van der Waals surface area contributed by atoms with Crippen LogP contribution >= 0.6 is 0 Å². The molecule has 0 aliphatic rings. The minimum absolute atomic E-state index is 0.690. The van der Waals surface area contributed by atoms with Crippen molar-refractivity contribution >= 4 is 0 Å². The van der Waals surface area contributed by atoms with E-state index in [-0.39, 0.29) is 0 Å². The van der Waals surface area contributed by atoms with Crippen LogP contribution in [0, 0.1) is 0 Å². The van der Waals surface area contributed by atoms with E-state index in [2.05, 4.69) is 42.3 Å². The monoisotopic (exact) mass is 340 g/mol. The van der Waals surface area contributed by atoms with E-state index in [9.17, 15) is 5.11 Å². The summed E-state index contributed by atoms with van der Waals surface area (Å²) < 4.78 is 0. The van der Waals surface area contributed by atoms with Crippen LogP contribution in [0.2, 0.25) is 0 Å². The standard InChI is InChI=1S/C22H32N2O/c1-4-24(5-2)18-17-23-16-15-22(3,25)21-14-10-9-13-20(21)19-11-7-6-8-12-19/h6-14,23,25H,4-5,15-18H2,1-3H3. The maximum absolute atomic E-state index is 11.1. The lowest BCUT2D eigenvalue weighted by molar-refractivity contribution is 0.0485. The Hall–Kier alpha value is -1.68. The molecular weight excluding hydrogens is 308 g/mol. The molecule has 0 aliphatic carbocycles. The van der Waals surface area contributed by atoms with Crippen molar-refractivity contribution in [1.29, 1.82) is 0 Å². The molecule has 0 fully saturated rings. The molecule has 2 aromatic carbocycles. The van der Waals surface area contributed by atoms with Crippen LogP contribution < -0.4 is 5.32 Å². The second kappa shape index (κ2) is 9.71. The van der Waals surface area contributed by atoms with Crippen molar-refractivity contribution < 1.29 is 5.11 Å². The molecule has 0 amide bonds. The molecule has 1 unspecified atom stereocenters. The van der Waals surface area contributed by atoms with Crippen LogP contribution in [0.3, 0.4) is 0 Å². The summed E-state index contributed by atoms with van der Waals surface area (Å²) in [7, 11) is 0. The van der Waals surface area contributed by atoms with E-state index in [0.717, 1.165) is 49.4 Å². The minimum atomic E-state index is -0.853. The Morgan fingerprint density at radius 3 is 2.24 bits per heavy atom. The van der Waals surface area contributed by atoms with E-state index in [1.54, 1.807) is 0 Å². The molecule has 0 radical (unpaired) electrons. The first-order chi connectivity index (χ1) is 12.1. The molecule has 3 heteroatoms. The number of nitrogens with zero attached hydrogens (tertiary/aromatic N) is 1. The van der Waals surface area contributed by atoms with Crippen LogP contribution in [0.5, 0.6) is 0 Å². The molecule has 0 bridgehead atoms. The lowest BCUT2D eigenvalue weighted by atomic mass is 9.86. The number of nitrogens with one attached hydrogen (secondary N) is 1. The maximum Gasteiger partial charge on any atom is 0.0886 e. The third-order valence-corrected chi connectivity index (χ3v) is 4.88. The Kier molecular flexibility index (Phi) is 7.63. The number of hydrogen-bond donors (Lipinski definition) is 2. The van der Waals surface area contributed by atoms with Crippen molar-refractivity contribution in [3.05, 3.63) is 60.2 Å². The minimum Gasteiger partial charge on any atom is -0.385 e. The third-order valence-electron chi connectivity index (χ3n) is 4.88. The van der Waals surface area contributed by atoms with Gasteiger partial charge >= 0.3 is 0 Å². The molecule has 0 saturated heterocycles. The van der Waals surface area contributed by atoms with Crippen molar-refractivity contribution in [2.24, 2.45) is 0 Å². The average Bonchev–Trinajstić information content (AvgIpc) is 2.65. The van der Waals surface area contributed by atoms with Gasteiger partial charge in [0.15, 0.2) is 0 Å². The highest BCUT2D eigenvalue weighted by Gasteiger charge is 2.25. The van der Waals surface area contributed by atoms with Gasteiger partial charge in [-0.05, 0) is 49.7 Å². The maximum atomic E-state index is 11.1. The zero-order chi connectivity index (χ0) is 18.1. The van der Waals surface area contributed by atoms with Gasteiger partial charge < -0.3 is 15.3 Å². The van der Waals surface area contributed by atoms with Gasteiger partial charge in [0.25, 0.3) is 0 Å². The summed E-state index contributed by atoms with van der Waals surface area (Å²) >= 11 is 0. The van der Waals surface area contributed by atoms with Crippen molar-refractivity contribution in [3.8, 4) is 11.1 Å². The van der Waals surface area contributed by atoms with Crippen LogP contribution in [0.4, 0.5) is 0 Å². The summed E-state index contributed by atoms with van der Waals surface area (Å²) in [5, 5.41) is 14.5. The molecule has 0 saturated carbocycles. The lowest BCUT2D eigenvalue weighted by Gasteiger charge is -2.27. The number of benzene rings is 2. The number of likely N-dealkylation sites (N-methyl/N-ethyl adjacent to an activating group) is 1. The van der Waals surface area contributed by atoms with Crippen LogP contribution in [-0.4, -0.2) is 42.7 Å². The first-order valence-electron chi connectivity index (χ1n) is 9.39. The van der Waals surface area contributed by atoms with Crippen molar-refractivity contribution in [3.63, 3.8) is 0 Å². The highest BCUT2D eigenvalue weighted by Crippen LogP contribution is 2.33. The van der Waals surface area contributed by atoms with Gasteiger partial charge in [0.2, 0.25) is 0 Å². The predicted molar refractivity (Wildman–Crippen MR) is 107 cm³/mol. The van der Waals surface area contributed by atoms with Gasteiger partial charge in [-0.15, -0.1) is 0 Å². The molecule has 25 heavy (non-hydrogen) atoms. The Balaban J connectivity index is 1.98. The first-order valence-corrected chi connectivity index (χ1v) is 9.39. The fraction of sp³-hybridized carbons (Fsp3) is 0.455. The Morgan fingerprint density at radius 2 is 1.56 bits per heavy atom. The average molecular weight is 341 g/mol. The summed E-state index contributed by atoms with van der Waals surface area (Å²) in [5.41, 5.74) is 2.39. The van der Waals surface area contributed by atoms with Crippen LogP contribution in [0.1, 0.15) is 32.8 Å². The summed E-state index contributed by atoms with van der Waals surface area (Å²) in [6.07, 6.45) is 0.690. The molecule has 0 spiro atoms. The Labute approximate surface area is 152 Å². The fourth-order valence-corrected chi connectivity index (χ4v) is 3.19. The van der Waals surface area contributed by atoms with Gasteiger partial charge in [0.05, 0.1) is 5.60 Å². The molecule has 136 valence electrons. The SMILES string of the molecule is CCN(CC)CCNCCC(C)(O)c1ccccc1-c1ccccc1. The second-order valence-electron chi connectivity index (χ2n) is 6.71. The Bertz CT molecular complexity index is 621. The van der Waals surface area contributed by atoms with Crippen LogP contribution in [0.15, 0.2) is 54.6 Å². The van der Waals surface area contributed by atoms with Gasteiger partial charge in [-0.25, -0.2) is 0 Å². The molecule has 2 rings (SSSR count). The smallest absolute Gasteiger partial charge is 0.0886 e. The summed E-state index contributed by atoms with van der Waals surface area (Å²) in [6, 6.07) is 18.4. The Morgan fingerprint density at radius 1 is 0.920 bits per heavy atom. The summed E-state index contributed by atoms with van der Waals surface area (Å²) in [6.45, 7) is 11.3. The largest absolute Gasteiger partial charge is 0.385 e. The van der Waals surface area contributed by atoms with Crippen molar-refractivity contribution in [2.45, 2.75) is 32.8 Å². The van der Waals surface area contributed by atoms with Gasteiger partial charge in [-0.2, -0.15) is 0 Å². The zero-order valence-electron chi connectivity index (χ0n) is 15.8.